The Morgan fingerprint density at radius 3 is 1.64 bits per heavy atom. The van der Waals surface area contributed by atoms with E-state index in [0.29, 0.717) is 11.4 Å². The lowest BCUT2D eigenvalue weighted by Gasteiger charge is -2.33. The zero-order chi connectivity index (χ0) is 39.5. The Morgan fingerprint density at radius 1 is 0.655 bits per heavy atom. The van der Waals surface area contributed by atoms with Gasteiger partial charge in [0.15, 0.2) is 0 Å². The van der Waals surface area contributed by atoms with Crippen LogP contribution in [-0.2, 0) is 14.9 Å². The molecule has 1 aliphatic carbocycles. The van der Waals surface area contributed by atoms with Gasteiger partial charge in [0.05, 0.1) is 0 Å². The second-order valence-electron chi connectivity index (χ2n) is 15.0. The van der Waals surface area contributed by atoms with Gasteiger partial charge in [0, 0.05) is 16.8 Å². The van der Waals surface area contributed by atoms with Crippen LogP contribution < -0.4 is 10.6 Å². The number of ether oxygens (including phenoxy) is 2. The van der Waals surface area contributed by atoms with E-state index in [-0.39, 0.29) is 11.5 Å². The standard InChI is InChI=1S/C49H64N2O4/c1-7-11-15-17-19-21-33-49(34-22-20-18-16-12-8-2)44-35-40(50-47(52)54-38(6)23-13-9-3)29-31-42(44)43-32-30-41(36-45(43)49)51-48(53)55-46(24-14-10-4)39-27-25-37(5)26-28-39/h9-10,13-14,23-32,35-36,38,46H,3-4,7-8,11-12,15-22,33-34H2,1-2,5-6H3,(H,50,52)(H,51,53)/b23-13+,24-14+. The van der Waals surface area contributed by atoms with Crippen molar-refractivity contribution in [2.75, 3.05) is 10.6 Å². The van der Waals surface area contributed by atoms with Crippen LogP contribution in [0.2, 0.25) is 0 Å². The third kappa shape index (κ3) is 12.6. The number of allylic oxidation sites excluding steroid dienone is 4. The van der Waals surface area contributed by atoms with Crippen molar-refractivity contribution in [3.05, 3.63) is 133 Å². The van der Waals surface area contributed by atoms with Gasteiger partial charge < -0.3 is 9.47 Å². The lowest BCUT2D eigenvalue weighted by molar-refractivity contribution is 0.134. The van der Waals surface area contributed by atoms with E-state index in [0.717, 1.165) is 36.8 Å². The van der Waals surface area contributed by atoms with Gasteiger partial charge >= 0.3 is 12.2 Å². The number of carbonyl (C=O) groups is 2. The van der Waals surface area contributed by atoms with Crippen LogP contribution in [0.25, 0.3) is 11.1 Å². The third-order valence-electron chi connectivity index (χ3n) is 10.6. The molecular weight excluding hydrogens is 681 g/mol. The van der Waals surface area contributed by atoms with Crippen LogP contribution in [0.1, 0.15) is 139 Å². The van der Waals surface area contributed by atoms with E-state index in [1.807, 2.05) is 56.3 Å². The minimum atomic E-state index is -0.560. The molecule has 0 saturated heterocycles. The molecule has 0 aliphatic heterocycles. The van der Waals surface area contributed by atoms with Crippen molar-refractivity contribution < 1.29 is 19.1 Å². The summed E-state index contributed by atoms with van der Waals surface area (Å²) in [7, 11) is 0. The lowest BCUT2D eigenvalue weighted by Crippen LogP contribution is -2.26. The average Bonchev–Trinajstić information content (AvgIpc) is 3.43. The Labute approximate surface area is 331 Å². The van der Waals surface area contributed by atoms with Crippen molar-refractivity contribution in [2.45, 2.75) is 135 Å². The van der Waals surface area contributed by atoms with Crippen molar-refractivity contribution in [1.82, 2.24) is 0 Å². The monoisotopic (exact) mass is 744 g/mol. The fraction of sp³-hybridized carbons (Fsp3) is 0.429. The molecule has 0 heterocycles. The summed E-state index contributed by atoms with van der Waals surface area (Å²) in [6.45, 7) is 15.9. The second-order valence-corrected chi connectivity index (χ2v) is 15.0. The van der Waals surface area contributed by atoms with E-state index >= 15 is 0 Å². The minimum Gasteiger partial charge on any atom is -0.442 e. The van der Waals surface area contributed by atoms with Crippen LogP contribution in [0.5, 0.6) is 0 Å². The summed E-state index contributed by atoms with van der Waals surface area (Å²) >= 11 is 0. The summed E-state index contributed by atoms with van der Waals surface area (Å²) in [5, 5.41) is 6.07. The summed E-state index contributed by atoms with van der Waals surface area (Å²) in [4.78, 5) is 26.5. The van der Waals surface area contributed by atoms with E-state index in [4.69, 9.17) is 9.47 Å². The molecule has 0 radical (unpaired) electrons. The molecule has 0 aromatic heterocycles. The van der Waals surface area contributed by atoms with E-state index in [1.165, 1.54) is 86.5 Å². The van der Waals surface area contributed by atoms with Crippen LogP contribution in [0.4, 0.5) is 21.0 Å². The fourth-order valence-corrected chi connectivity index (χ4v) is 7.74. The van der Waals surface area contributed by atoms with Gasteiger partial charge in [-0.05, 0) is 90.9 Å². The molecule has 2 atom stereocenters. The Morgan fingerprint density at radius 2 is 1.13 bits per heavy atom. The number of hydrogen-bond acceptors (Lipinski definition) is 4. The quantitative estimate of drug-likeness (QED) is 0.0749. The predicted molar refractivity (Wildman–Crippen MR) is 231 cm³/mol. The molecule has 3 aromatic carbocycles. The highest BCUT2D eigenvalue weighted by Gasteiger charge is 2.42. The van der Waals surface area contributed by atoms with Gasteiger partial charge in [-0.1, -0.05) is 170 Å². The first kappa shape index (κ1) is 42.9. The molecule has 294 valence electrons. The average molecular weight is 745 g/mol. The SMILES string of the molecule is C=C/C=C/C(C)OC(=O)Nc1ccc2c(c1)C(CCCCCCCC)(CCCCCCCC)c1cc(NC(=O)OC(/C=C/C=C)c3ccc(C)cc3)ccc1-2. The molecular formula is C49H64N2O4. The van der Waals surface area contributed by atoms with Gasteiger partial charge in [0.2, 0.25) is 0 Å². The second kappa shape index (κ2) is 22.5. The predicted octanol–water partition coefficient (Wildman–Crippen LogP) is 14.5. The first-order valence-electron chi connectivity index (χ1n) is 20.6. The Balaban J connectivity index is 1.68. The van der Waals surface area contributed by atoms with Crippen LogP contribution >= 0.6 is 0 Å². The summed E-state index contributed by atoms with van der Waals surface area (Å²) in [5.74, 6) is 0. The van der Waals surface area contributed by atoms with Crippen molar-refractivity contribution in [2.24, 2.45) is 0 Å². The Hall–Kier alpha value is -4.84. The number of amides is 2. The highest BCUT2D eigenvalue weighted by atomic mass is 16.6. The van der Waals surface area contributed by atoms with Gasteiger partial charge in [-0.3, -0.25) is 10.6 Å². The van der Waals surface area contributed by atoms with Crippen molar-refractivity contribution in [3.8, 4) is 11.1 Å². The highest BCUT2D eigenvalue weighted by molar-refractivity contribution is 5.91. The van der Waals surface area contributed by atoms with Crippen molar-refractivity contribution >= 4 is 23.6 Å². The molecule has 2 N–H and O–H groups in total. The van der Waals surface area contributed by atoms with E-state index in [1.54, 1.807) is 30.4 Å². The zero-order valence-corrected chi connectivity index (χ0v) is 33.8. The molecule has 1 aliphatic rings. The van der Waals surface area contributed by atoms with Crippen LogP contribution in [0.3, 0.4) is 0 Å². The molecule has 0 fully saturated rings. The van der Waals surface area contributed by atoms with Crippen molar-refractivity contribution in [3.63, 3.8) is 0 Å². The third-order valence-corrected chi connectivity index (χ3v) is 10.6. The van der Waals surface area contributed by atoms with Crippen LogP contribution in [-0.4, -0.2) is 18.3 Å². The maximum Gasteiger partial charge on any atom is 0.412 e. The molecule has 0 bridgehead atoms. The van der Waals surface area contributed by atoms with Gasteiger partial charge in [-0.2, -0.15) is 0 Å². The van der Waals surface area contributed by atoms with Gasteiger partial charge in [-0.25, -0.2) is 9.59 Å². The van der Waals surface area contributed by atoms with Gasteiger partial charge in [0.1, 0.15) is 12.2 Å². The van der Waals surface area contributed by atoms with E-state index in [2.05, 4.69) is 61.9 Å². The Bertz CT molecular complexity index is 1740. The van der Waals surface area contributed by atoms with Crippen LogP contribution in [0, 0.1) is 6.92 Å². The molecule has 3 aromatic rings. The van der Waals surface area contributed by atoms with E-state index in [9.17, 15) is 9.59 Å². The van der Waals surface area contributed by atoms with Crippen LogP contribution in [0.15, 0.2) is 110 Å². The first-order chi connectivity index (χ1) is 26.7. The lowest BCUT2D eigenvalue weighted by atomic mass is 9.70. The number of aryl methyl sites for hydroxylation is 1. The fourth-order valence-electron chi connectivity index (χ4n) is 7.74. The molecule has 6 nitrogen and oxygen atoms in total. The number of rotatable bonds is 23. The normalized spacial score (nSPS) is 13.9. The molecule has 0 saturated carbocycles. The summed E-state index contributed by atoms with van der Waals surface area (Å²) in [6, 6.07) is 20.5. The molecule has 2 unspecified atom stereocenters. The van der Waals surface area contributed by atoms with Gasteiger partial charge in [0.25, 0.3) is 0 Å². The molecule has 0 spiro atoms. The molecule has 55 heavy (non-hydrogen) atoms. The first-order valence-corrected chi connectivity index (χ1v) is 20.6. The summed E-state index contributed by atoms with van der Waals surface area (Å²) in [6.07, 6.45) is 25.0. The summed E-state index contributed by atoms with van der Waals surface area (Å²) in [5.41, 5.74) is 7.97. The Kier molecular flexibility index (Phi) is 17.6. The number of unbranched alkanes of at least 4 members (excludes halogenated alkanes) is 10. The molecule has 4 rings (SSSR count). The topological polar surface area (TPSA) is 76.7 Å². The van der Waals surface area contributed by atoms with Gasteiger partial charge in [-0.15, -0.1) is 0 Å². The largest absolute Gasteiger partial charge is 0.442 e. The molecule has 2 amide bonds. The number of fused-ring (bicyclic) bond motifs is 3. The number of benzene rings is 3. The molecule has 6 heteroatoms. The maximum absolute atomic E-state index is 13.5. The number of hydrogen-bond donors (Lipinski definition) is 2. The van der Waals surface area contributed by atoms with Crippen molar-refractivity contribution in [1.29, 1.82) is 0 Å². The number of anilines is 2. The van der Waals surface area contributed by atoms with E-state index < -0.39 is 18.3 Å². The smallest absolute Gasteiger partial charge is 0.412 e. The highest BCUT2D eigenvalue weighted by Crippen LogP contribution is 2.55. The number of carbonyl (C=O) groups excluding carboxylic acids is 2. The maximum atomic E-state index is 13.5. The minimum absolute atomic E-state index is 0.277. The number of nitrogens with one attached hydrogen (secondary N) is 2. The zero-order valence-electron chi connectivity index (χ0n) is 33.8. The summed E-state index contributed by atoms with van der Waals surface area (Å²) < 4.78 is 11.6.